The lowest BCUT2D eigenvalue weighted by atomic mass is 10.1. The molecule has 0 unspecified atom stereocenters. The Morgan fingerprint density at radius 1 is 1.00 bits per heavy atom. The van der Waals surface area contributed by atoms with Gasteiger partial charge in [-0.05, 0) is 48.9 Å². The van der Waals surface area contributed by atoms with Gasteiger partial charge in [0.25, 0.3) is 0 Å². The number of halogens is 2. The van der Waals surface area contributed by atoms with Crippen molar-refractivity contribution in [3.8, 4) is 17.1 Å². The van der Waals surface area contributed by atoms with Crippen molar-refractivity contribution in [2.24, 2.45) is 0 Å². The molecule has 0 aliphatic carbocycles. The topological polar surface area (TPSA) is 30.7 Å². The lowest BCUT2D eigenvalue weighted by Gasteiger charge is -2.01. The number of benzene rings is 2. The van der Waals surface area contributed by atoms with Crippen LogP contribution in [0, 0.1) is 6.92 Å². The second-order valence-corrected chi connectivity index (χ2v) is 5.24. The molecule has 1 aromatic heterocycles. The minimum Gasteiger partial charge on any atom is -0.203 e. The largest absolute Gasteiger partial charge is 0.226 e. The second kappa shape index (κ2) is 5.27. The third-order valence-corrected chi connectivity index (χ3v) is 3.41. The van der Waals surface area contributed by atoms with Gasteiger partial charge in [0, 0.05) is 10.6 Å². The van der Waals surface area contributed by atoms with Gasteiger partial charge in [-0.1, -0.05) is 35.4 Å². The summed E-state index contributed by atoms with van der Waals surface area (Å²) in [5.41, 5.74) is 2.92. The highest BCUT2D eigenvalue weighted by atomic mass is 35.5. The summed E-state index contributed by atoms with van der Waals surface area (Å²) >= 11 is 12.0. The van der Waals surface area contributed by atoms with Crippen LogP contribution in [-0.4, -0.2) is 14.8 Å². The number of hydrogen-bond acceptors (Lipinski definition) is 2. The first-order valence-electron chi connectivity index (χ1n) is 6.09. The van der Waals surface area contributed by atoms with E-state index in [0.29, 0.717) is 16.1 Å². The Hall–Kier alpha value is -1.84. The fourth-order valence-electron chi connectivity index (χ4n) is 1.95. The van der Waals surface area contributed by atoms with Gasteiger partial charge in [-0.3, -0.25) is 0 Å². The van der Waals surface area contributed by atoms with Crippen molar-refractivity contribution in [1.82, 2.24) is 14.8 Å². The maximum atomic E-state index is 6.17. The van der Waals surface area contributed by atoms with Crippen LogP contribution in [0.2, 0.25) is 10.3 Å². The molecule has 0 aliphatic rings. The van der Waals surface area contributed by atoms with Gasteiger partial charge in [0.05, 0.1) is 5.69 Å². The molecule has 0 N–H and O–H groups in total. The van der Waals surface area contributed by atoms with E-state index in [1.807, 2.05) is 43.3 Å². The lowest BCUT2D eigenvalue weighted by molar-refractivity contribution is 0.883. The normalized spacial score (nSPS) is 10.8. The zero-order valence-corrected chi connectivity index (χ0v) is 12.2. The Morgan fingerprint density at radius 2 is 1.75 bits per heavy atom. The second-order valence-electron chi connectivity index (χ2n) is 4.46. The monoisotopic (exact) mass is 303 g/mol. The predicted octanol–water partition coefficient (Wildman–Crippen LogP) is 4.55. The lowest BCUT2D eigenvalue weighted by Crippen LogP contribution is -1.96. The molecule has 0 fully saturated rings. The molecule has 0 saturated carbocycles. The molecule has 20 heavy (non-hydrogen) atoms. The number of rotatable bonds is 2. The smallest absolute Gasteiger partial charge is 0.203 e. The SMILES string of the molecule is Cc1cccc(-c2nc(Cl)n(-c3ccc(Cl)cc3)n2)c1. The Morgan fingerprint density at radius 3 is 2.45 bits per heavy atom. The molecule has 3 aromatic rings. The molecule has 3 rings (SSSR count). The first-order valence-corrected chi connectivity index (χ1v) is 6.84. The molecule has 2 aromatic carbocycles. The highest BCUT2D eigenvalue weighted by Gasteiger charge is 2.11. The van der Waals surface area contributed by atoms with E-state index in [0.717, 1.165) is 16.8 Å². The Bertz CT molecular complexity index is 748. The fraction of sp³-hybridized carbons (Fsp3) is 0.0667. The van der Waals surface area contributed by atoms with Crippen molar-refractivity contribution in [3.05, 3.63) is 64.4 Å². The van der Waals surface area contributed by atoms with Crippen LogP contribution in [0.5, 0.6) is 0 Å². The van der Waals surface area contributed by atoms with Crippen LogP contribution < -0.4 is 0 Å². The predicted molar refractivity (Wildman–Crippen MR) is 81.6 cm³/mol. The Balaban J connectivity index is 2.05. The average molecular weight is 304 g/mol. The van der Waals surface area contributed by atoms with Crippen molar-refractivity contribution < 1.29 is 0 Å². The summed E-state index contributed by atoms with van der Waals surface area (Å²) in [4.78, 5) is 4.31. The van der Waals surface area contributed by atoms with E-state index in [2.05, 4.69) is 10.1 Å². The standard InChI is InChI=1S/C15H11Cl2N3/c1-10-3-2-4-11(9-10)14-18-15(17)20(19-14)13-7-5-12(16)6-8-13/h2-9H,1H3. The third-order valence-electron chi connectivity index (χ3n) is 2.92. The van der Waals surface area contributed by atoms with E-state index >= 15 is 0 Å². The number of hydrogen-bond donors (Lipinski definition) is 0. The van der Waals surface area contributed by atoms with Crippen LogP contribution >= 0.6 is 23.2 Å². The van der Waals surface area contributed by atoms with Gasteiger partial charge in [-0.15, -0.1) is 5.10 Å². The van der Waals surface area contributed by atoms with E-state index in [1.165, 1.54) is 0 Å². The van der Waals surface area contributed by atoms with Crippen molar-refractivity contribution >= 4 is 23.2 Å². The van der Waals surface area contributed by atoms with Gasteiger partial charge in [-0.2, -0.15) is 4.98 Å². The van der Waals surface area contributed by atoms with Gasteiger partial charge in [0.15, 0.2) is 5.82 Å². The molecule has 3 nitrogen and oxygen atoms in total. The summed E-state index contributed by atoms with van der Waals surface area (Å²) in [6.07, 6.45) is 0. The molecular weight excluding hydrogens is 293 g/mol. The van der Waals surface area contributed by atoms with E-state index in [-0.39, 0.29) is 0 Å². The van der Waals surface area contributed by atoms with Crippen LogP contribution in [0.1, 0.15) is 5.56 Å². The minimum absolute atomic E-state index is 0.323. The van der Waals surface area contributed by atoms with E-state index in [4.69, 9.17) is 23.2 Å². The van der Waals surface area contributed by atoms with Gasteiger partial charge < -0.3 is 0 Å². The molecule has 5 heteroatoms. The maximum absolute atomic E-state index is 6.17. The third kappa shape index (κ3) is 2.55. The molecule has 100 valence electrons. The first kappa shape index (κ1) is 13.2. The Labute approximate surface area is 126 Å². The van der Waals surface area contributed by atoms with E-state index in [9.17, 15) is 0 Å². The zero-order chi connectivity index (χ0) is 14.1. The van der Waals surface area contributed by atoms with Crippen LogP contribution in [-0.2, 0) is 0 Å². The molecule has 0 radical (unpaired) electrons. The highest BCUT2D eigenvalue weighted by Crippen LogP contribution is 2.22. The number of aromatic nitrogens is 3. The van der Waals surface area contributed by atoms with Crippen LogP contribution in [0.25, 0.3) is 17.1 Å². The summed E-state index contributed by atoms with van der Waals surface area (Å²) in [7, 11) is 0. The van der Waals surface area contributed by atoms with Gasteiger partial charge in [0.2, 0.25) is 5.28 Å². The highest BCUT2D eigenvalue weighted by molar-refractivity contribution is 6.30. The minimum atomic E-state index is 0.323. The Kier molecular flexibility index (Phi) is 3.47. The number of aryl methyl sites for hydroxylation is 1. The van der Waals surface area contributed by atoms with Crippen molar-refractivity contribution in [2.45, 2.75) is 6.92 Å². The van der Waals surface area contributed by atoms with Crippen LogP contribution in [0.3, 0.4) is 0 Å². The number of nitrogens with zero attached hydrogens (tertiary/aromatic N) is 3. The molecule has 0 bridgehead atoms. The first-order chi connectivity index (χ1) is 9.63. The van der Waals surface area contributed by atoms with Crippen molar-refractivity contribution in [2.75, 3.05) is 0 Å². The summed E-state index contributed by atoms with van der Waals surface area (Å²) in [6.45, 7) is 2.03. The van der Waals surface area contributed by atoms with Gasteiger partial charge in [0.1, 0.15) is 0 Å². The quantitative estimate of drug-likeness (QED) is 0.695. The zero-order valence-electron chi connectivity index (χ0n) is 10.7. The van der Waals surface area contributed by atoms with Crippen LogP contribution in [0.4, 0.5) is 0 Å². The fourth-order valence-corrected chi connectivity index (χ4v) is 2.29. The molecule has 0 amide bonds. The molecular formula is C15H11Cl2N3. The van der Waals surface area contributed by atoms with Crippen LogP contribution in [0.15, 0.2) is 48.5 Å². The van der Waals surface area contributed by atoms with Crippen molar-refractivity contribution in [3.63, 3.8) is 0 Å². The summed E-state index contributed by atoms with van der Waals surface area (Å²) in [5.74, 6) is 0.605. The molecule has 0 aliphatic heterocycles. The molecule has 0 saturated heterocycles. The summed E-state index contributed by atoms with van der Waals surface area (Å²) in [6, 6.07) is 15.3. The van der Waals surface area contributed by atoms with E-state index in [1.54, 1.807) is 16.8 Å². The van der Waals surface area contributed by atoms with Crippen molar-refractivity contribution in [1.29, 1.82) is 0 Å². The molecule has 0 atom stereocenters. The molecule has 1 heterocycles. The molecule has 0 spiro atoms. The summed E-state index contributed by atoms with van der Waals surface area (Å²) < 4.78 is 1.59. The maximum Gasteiger partial charge on any atom is 0.226 e. The summed E-state index contributed by atoms with van der Waals surface area (Å²) in [5, 5.41) is 5.44. The van der Waals surface area contributed by atoms with Gasteiger partial charge >= 0.3 is 0 Å². The van der Waals surface area contributed by atoms with E-state index < -0.39 is 0 Å². The van der Waals surface area contributed by atoms with Gasteiger partial charge in [-0.25, -0.2) is 4.68 Å². The average Bonchev–Trinajstić information content (AvgIpc) is 2.82.